The molecule has 1 aliphatic heterocycles. The molecule has 0 aliphatic carbocycles. The number of hydrogen-bond donors (Lipinski definition) is 5. The second kappa shape index (κ2) is 14.2. The largest absolute Gasteiger partial charge is 0.479 e. The van der Waals surface area contributed by atoms with Crippen LogP contribution in [0.25, 0.3) is 0 Å². The van der Waals surface area contributed by atoms with Crippen LogP contribution < -0.4 is 5.32 Å². The first-order valence-electron chi connectivity index (χ1n) is 10.6. The minimum Gasteiger partial charge on any atom is -0.479 e. The van der Waals surface area contributed by atoms with E-state index in [2.05, 4.69) is 5.32 Å². The maximum atomic E-state index is 13.3. The van der Waals surface area contributed by atoms with Crippen molar-refractivity contribution in [3.63, 3.8) is 0 Å². The summed E-state index contributed by atoms with van der Waals surface area (Å²) >= 11 is 0. The molecule has 1 fully saturated rings. The summed E-state index contributed by atoms with van der Waals surface area (Å²) in [6.07, 6.45) is -7.32. The third kappa shape index (κ3) is 9.89. The van der Waals surface area contributed by atoms with Crippen LogP contribution in [0.15, 0.2) is 18.2 Å². The van der Waals surface area contributed by atoms with Crippen LogP contribution in [0.2, 0.25) is 0 Å². The second-order valence-electron chi connectivity index (χ2n) is 7.51. The van der Waals surface area contributed by atoms with Gasteiger partial charge in [-0.3, -0.25) is 4.90 Å². The molecule has 9 nitrogen and oxygen atoms in total. The molecule has 2 rings (SSSR count). The van der Waals surface area contributed by atoms with Crippen molar-refractivity contribution in [2.75, 3.05) is 32.8 Å². The molecule has 0 spiro atoms. The Labute approximate surface area is 193 Å². The van der Waals surface area contributed by atoms with Crippen LogP contribution in [0.1, 0.15) is 30.9 Å². The van der Waals surface area contributed by atoms with Crippen LogP contribution in [0.4, 0.5) is 17.6 Å². The van der Waals surface area contributed by atoms with Gasteiger partial charge in [0.15, 0.2) is 12.2 Å². The van der Waals surface area contributed by atoms with Gasteiger partial charge in [-0.2, -0.15) is 13.2 Å². The molecule has 1 saturated heterocycles. The molecule has 0 saturated carbocycles. The third-order valence-electron chi connectivity index (χ3n) is 5.11. The van der Waals surface area contributed by atoms with Gasteiger partial charge in [0.05, 0.1) is 12.2 Å². The Balaban J connectivity index is 0.000000489. The van der Waals surface area contributed by atoms with Crippen molar-refractivity contribution in [3.05, 3.63) is 35.1 Å². The minimum absolute atomic E-state index is 0.110. The van der Waals surface area contributed by atoms with E-state index in [0.29, 0.717) is 25.8 Å². The van der Waals surface area contributed by atoms with Gasteiger partial charge in [-0.1, -0.05) is 6.07 Å². The molecule has 34 heavy (non-hydrogen) atoms. The van der Waals surface area contributed by atoms with E-state index < -0.39 is 41.7 Å². The van der Waals surface area contributed by atoms with Gasteiger partial charge in [-0.25, -0.2) is 14.0 Å². The number of benzene rings is 1. The first-order valence-corrected chi connectivity index (χ1v) is 10.6. The zero-order valence-corrected chi connectivity index (χ0v) is 18.6. The zero-order valence-electron chi connectivity index (χ0n) is 18.6. The Kier molecular flexibility index (Phi) is 12.4. The number of rotatable bonds is 10. The van der Waals surface area contributed by atoms with Crippen LogP contribution in [-0.4, -0.2) is 88.4 Å². The van der Waals surface area contributed by atoms with Gasteiger partial charge in [-0.05, 0) is 50.6 Å². The van der Waals surface area contributed by atoms with Crippen molar-refractivity contribution in [2.45, 2.75) is 50.7 Å². The summed E-state index contributed by atoms with van der Waals surface area (Å²) in [5.41, 5.74) is -0.781. The van der Waals surface area contributed by atoms with Crippen molar-refractivity contribution in [2.24, 2.45) is 0 Å². The molecule has 1 aromatic carbocycles. The lowest BCUT2D eigenvalue weighted by atomic mass is 10.0. The average Bonchev–Trinajstić information content (AvgIpc) is 2.78. The maximum absolute atomic E-state index is 13.3. The number of carboxylic acid groups (broad SMARTS) is 2. The topological polar surface area (TPSA) is 140 Å². The fourth-order valence-electron chi connectivity index (χ4n) is 3.33. The fourth-order valence-corrected chi connectivity index (χ4v) is 3.33. The van der Waals surface area contributed by atoms with Crippen molar-refractivity contribution < 1.29 is 52.3 Å². The van der Waals surface area contributed by atoms with Gasteiger partial charge in [-0.15, -0.1) is 0 Å². The molecule has 0 radical (unpaired) electrons. The fraction of sp³-hybridized carbons (Fsp3) is 0.619. The molecule has 2 atom stereocenters. The highest BCUT2D eigenvalue weighted by molar-refractivity contribution is 5.83. The summed E-state index contributed by atoms with van der Waals surface area (Å²) in [5.74, 6) is -4.40. The summed E-state index contributed by atoms with van der Waals surface area (Å²) in [6.45, 7) is 5.35. The zero-order chi connectivity index (χ0) is 25.9. The number of piperidine rings is 1. The van der Waals surface area contributed by atoms with Gasteiger partial charge < -0.3 is 30.5 Å². The molecule has 5 N–H and O–H groups in total. The van der Waals surface area contributed by atoms with Crippen molar-refractivity contribution >= 4 is 11.9 Å². The third-order valence-corrected chi connectivity index (χ3v) is 5.11. The average molecular weight is 498 g/mol. The predicted octanol–water partition coefficient (Wildman–Crippen LogP) is 1.31. The van der Waals surface area contributed by atoms with Crippen molar-refractivity contribution in [3.8, 4) is 0 Å². The van der Waals surface area contributed by atoms with E-state index in [1.165, 1.54) is 6.07 Å². The number of aliphatic hydroxyl groups is 2. The Morgan fingerprint density at radius 1 is 1.15 bits per heavy atom. The smallest absolute Gasteiger partial charge is 0.416 e. The van der Waals surface area contributed by atoms with E-state index in [-0.39, 0.29) is 18.2 Å². The van der Waals surface area contributed by atoms with Crippen LogP contribution in [0, 0.1) is 5.82 Å². The van der Waals surface area contributed by atoms with Gasteiger partial charge in [0, 0.05) is 25.7 Å². The van der Waals surface area contributed by atoms with Gasteiger partial charge >= 0.3 is 18.1 Å². The van der Waals surface area contributed by atoms with E-state index >= 15 is 0 Å². The molecular weight excluding hydrogens is 468 g/mol. The highest BCUT2D eigenvalue weighted by Crippen LogP contribution is 2.33. The molecule has 0 bridgehead atoms. The lowest BCUT2D eigenvalue weighted by Crippen LogP contribution is -2.44. The number of carboxylic acids is 2. The SMILES string of the molecule is CCOCCN(Cc1ccc(F)cc1C(F)(F)F)C1CCNCC1.O=C(O)C(O)C(O)C(=O)O. The first-order chi connectivity index (χ1) is 15.9. The molecule has 2 unspecified atom stereocenters. The van der Waals surface area contributed by atoms with Crippen molar-refractivity contribution in [1.82, 2.24) is 10.2 Å². The number of aliphatic carboxylic acids is 2. The molecule has 1 aromatic rings. The van der Waals surface area contributed by atoms with E-state index in [1.807, 2.05) is 11.8 Å². The van der Waals surface area contributed by atoms with E-state index in [4.69, 9.17) is 25.2 Å². The standard InChI is InChI=1S/C17H24F4N2O.C4H6O6/c1-2-24-10-9-23(15-5-7-22-8-6-15)12-13-3-4-14(18)11-16(13)17(19,20)21;5-1(3(7)8)2(6)4(9)10/h3-4,11,15,22H,2,5-10,12H2,1H3;1-2,5-6H,(H,7,8)(H,9,10). The molecule has 1 heterocycles. The number of halogens is 4. The van der Waals surface area contributed by atoms with Crippen molar-refractivity contribution in [1.29, 1.82) is 0 Å². The molecule has 194 valence electrons. The maximum Gasteiger partial charge on any atom is 0.416 e. The van der Waals surface area contributed by atoms with E-state index in [9.17, 15) is 27.2 Å². The Bertz CT molecular complexity index is 771. The van der Waals surface area contributed by atoms with Gasteiger partial charge in [0.2, 0.25) is 0 Å². The first kappa shape index (κ1) is 29.7. The molecule has 0 aromatic heterocycles. The Hall–Kier alpha value is -2.32. The predicted molar refractivity (Wildman–Crippen MR) is 111 cm³/mol. The second-order valence-corrected chi connectivity index (χ2v) is 7.51. The van der Waals surface area contributed by atoms with Crippen LogP contribution >= 0.6 is 0 Å². The number of aliphatic hydroxyl groups excluding tert-OH is 2. The summed E-state index contributed by atoms with van der Waals surface area (Å²) in [4.78, 5) is 21.6. The number of alkyl halides is 3. The lowest BCUT2D eigenvalue weighted by Gasteiger charge is -2.35. The summed E-state index contributed by atoms with van der Waals surface area (Å²) in [7, 11) is 0. The highest BCUT2D eigenvalue weighted by atomic mass is 19.4. The van der Waals surface area contributed by atoms with Gasteiger partial charge in [0.25, 0.3) is 0 Å². The summed E-state index contributed by atoms with van der Waals surface area (Å²) < 4.78 is 58.3. The van der Waals surface area contributed by atoms with Crippen LogP contribution in [0.3, 0.4) is 0 Å². The summed E-state index contributed by atoms with van der Waals surface area (Å²) in [6, 6.07) is 3.12. The summed E-state index contributed by atoms with van der Waals surface area (Å²) in [5, 5.41) is 35.8. The molecule has 1 aliphatic rings. The number of carbonyl (C=O) groups is 2. The van der Waals surface area contributed by atoms with Crippen LogP contribution in [-0.2, 0) is 27.0 Å². The highest BCUT2D eigenvalue weighted by Gasteiger charge is 2.35. The van der Waals surface area contributed by atoms with Crippen LogP contribution in [0.5, 0.6) is 0 Å². The molecule has 13 heteroatoms. The molecule has 0 amide bonds. The lowest BCUT2D eigenvalue weighted by molar-refractivity contribution is -0.165. The normalized spacial score (nSPS) is 16.5. The number of nitrogens with one attached hydrogen (secondary N) is 1. The quantitative estimate of drug-likeness (QED) is 0.239. The number of hydrogen-bond acceptors (Lipinski definition) is 7. The number of ether oxygens (including phenoxy) is 1. The van der Waals surface area contributed by atoms with E-state index in [0.717, 1.165) is 32.0 Å². The molecular formula is C21H30F4N2O7. The number of nitrogens with zero attached hydrogens (tertiary/aromatic N) is 1. The monoisotopic (exact) mass is 498 g/mol. The minimum atomic E-state index is -4.56. The Morgan fingerprint density at radius 2 is 1.71 bits per heavy atom. The Morgan fingerprint density at radius 3 is 2.18 bits per heavy atom. The van der Waals surface area contributed by atoms with Gasteiger partial charge in [0.1, 0.15) is 5.82 Å². The van der Waals surface area contributed by atoms with E-state index in [1.54, 1.807) is 0 Å².